The molecule has 0 radical (unpaired) electrons. The predicted molar refractivity (Wildman–Crippen MR) is 242 cm³/mol. The maximum atomic E-state index is 13.1. The number of hydrogen-bond acceptors (Lipinski definition) is 12. The van der Waals surface area contributed by atoms with Crippen molar-refractivity contribution in [3.63, 3.8) is 0 Å². The standard InChI is InChI=1S/2C24H25N5O2/c2*1-29-22(19-7-9-20(31-2)10-8-19)21(18-5-3-16(13-25)4-6-18)28-23(24(29)30)27-15-17-11-12-26-14-17/h2*3-10,17,26H,11-12,14-15H2,1-2H3,(H,27,28)/t2*17-/m10/s1. The van der Waals surface area contributed by atoms with Crippen molar-refractivity contribution >= 4 is 11.6 Å². The molecule has 14 nitrogen and oxygen atoms in total. The third kappa shape index (κ3) is 9.68. The number of methoxy groups -OCH3 is 2. The van der Waals surface area contributed by atoms with E-state index in [1.165, 1.54) is 0 Å². The summed E-state index contributed by atoms with van der Waals surface area (Å²) in [6, 6.07) is 33.9. The van der Waals surface area contributed by atoms with Crippen LogP contribution in [0.2, 0.25) is 0 Å². The highest BCUT2D eigenvalue weighted by atomic mass is 16.5. The molecular formula is C48H50N10O4. The van der Waals surface area contributed by atoms with Crippen LogP contribution in [0, 0.1) is 34.5 Å². The lowest BCUT2D eigenvalue weighted by Crippen LogP contribution is -2.27. The summed E-state index contributed by atoms with van der Waals surface area (Å²) in [4.78, 5) is 35.8. The first kappa shape index (κ1) is 42.8. The number of nitriles is 2. The van der Waals surface area contributed by atoms with Crippen molar-refractivity contribution in [1.29, 1.82) is 10.5 Å². The molecule has 4 N–H and O–H groups in total. The van der Waals surface area contributed by atoms with Gasteiger partial charge in [0.15, 0.2) is 11.6 Å². The molecule has 62 heavy (non-hydrogen) atoms. The second kappa shape index (κ2) is 19.9. The fourth-order valence-corrected chi connectivity index (χ4v) is 7.72. The van der Waals surface area contributed by atoms with Crippen LogP contribution in [0.15, 0.2) is 107 Å². The number of nitrogens with one attached hydrogen (secondary N) is 4. The third-order valence-electron chi connectivity index (χ3n) is 11.3. The molecular weight excluding hydrogens is 781 g/mol. The monoisotopic (exact) mass is 830 g/mol. The summed E-state index contributed by atoms with van der Waals surface area (Å²) < 4.78 is 13.8. The minimum Gasteiger partial charge on any atom is -0.497 e. The van der Waals surface area contributed by atoms with Crippen molar-refractivity contribution in [2.24, 2.45) is 25.9 Å². The van der Waals surface area contributed by atoms with Gasteiger partial charge in [0, 0.05) is 49.4 Å². The van der Waals surface area contributed by atoms with E-state index in [2.05, 4.69) is 33.4 Å². The molecule has 2 saturated heterocycles. The lowest BCUT2D eigenvalue weighted by Gasteiger charge is -2.18. The zero-order chi connectivity index (χ0) is 43.6. The van der Waals surface area contributed by atoms with Crippen LogP contribution in [-0.4, -0.2) is 72.6 Å². The Morgan fingerprint density at radius 2 is 0.952 bits per heavy atom. The van der Waals surface area contributed by atoms with Crippen LogP contribution in [-0.2, 0) is 14.1 Å². The van der Waals surface area contributed by atoms with Crippen LogP contribution in [0.4, 0.5) is 11.6 Å². The average molecular weight is 831 g/mol. The van der Waals surface area contributed by atoms with E-state index in [4.69, 9.17) is 30.0 Å². The topological polar surface area (TPSA) is 184 Å². The zero-order valence-electron chi connectivity index (χ0n) is 35.4. The summed E-state index contributed by atoms with van der Waals surface area (Å²) in [5, 5.41) is 31.5. The van der Waals surface area contributed by atoms with Crippen LogP contribution in [0.5, 0.6) is 11.5 Å². The van der Waals surface area contributed by atoms with Gasteiger partial charge in [0.05, 0.1) is 60.3 Å². The maximum Gasteiger partial charge on any atom is 0.293 e. The molecule has 2 aromatic heterocycles. The number of ether oxygens (including phenoxy) is 2. The van der Waals surface area contributed by atoms with Crippen molar-refractivity contribution in [3.8, 4) is 68.7 Å². The van der Waals surface area contributed by atoms with Crippen LogP contribution < -0.4 is 41.9 Å². The van der Waals surface area contributed by atoms with E-state index in [1.807, 2.05) is 72.8 Å². The van der Waals surface area contributed by atoms with Gasteiger partial charge in [-0.25, -0.2) is 9.97 Å². The van der Waals surface area contributed by atoms with Crippen LogP contribution in [0.3, 0.4) is 0 Å². The molecule has 0 aliphatic carbocycles. The molecule has 6 aromatic rings. The summed E-state index contributed by atoms with van der Waals surface area (Å²) in [6.07, 6.45) is 2.17. The van der Waals surface area contributed by atoms with Gasteiger partial charge in [-0.1, -0.05) is 24.3 Å². The second-order valence-corrected chi connectivity index (χ2v) is 15.4. The fourth-order valence-electron chi connectivity index (χ4n) is 7.72. The van der Waals surface area contributed by atoms with Gasteiger partial charge in [-0.05, 0) is 124 Å². The molecule has 2 aliphatic rings. The summed E-state index contributed by atoms with van der Waals surface area (Å²) >= 11 is 0. The van der Waals surface area contributed by atoms with Crippen LogP contribution in [0.1, 0.15) is 24.0 Å². The predicted octanol–water partition coefficient (Wildman–Crippen LogP) is 6.03. The SMILES string of the molecule is COc1ccc(-c2c(-c3ccc(C#N)cc3)nc(NC[C@@H]3CCNC3)c(=O)n2C)cc1.COc1ccc(-c2c(-c3ccc(C#N)cc3)nc(NC[C@H]3CCNC3)c(=O)n2C)cc1. The number of nitrogens with zero attached hydrogens (tertiary/aromatic N) is 6. The summed E-state index contributed by atoms with van der Waals surface area (Å²) in [6.45, 7) is 5.29. The van der Waals surface area contributed by atoms with Crippen molar-refractivity contribution in [3.05, 3.63) is 129 Å². The average Bonchev–Trinajstić information content (AvgIpc) is 4.06. The molecule has 8 rings (SSSR count). The maximum absolute atomic E-state index is 13.1. The normalized spacial score (nSPS) is 15.5. The van der Waals surface area contributed by atoms with Crippen molar-refractivity contribution < 1.29 is 9.47 Å². The van der Waals surface area contributed by atoms with Gasteiger partial charge in [0.2, 0.25) is 0 Å². The van der Waals surface area contributed by atoms with E-state index in [-0.39, 0.29) is 11.1 Å². The highest BCUT2D eigenvalue weighted by Crippen LogP contribution is 2.33. The molecule has 0 saturated carbocycles. The van der Waals surface area contributed by atoms with Gasteiger partial charge < -0.3 is 39.9 Å². The molecule has 0 unspecified atom stereocenters. The summed E-state index contributed by atoms with van der Waals surface area (Å²) in [7, 11) is 6.77. The Balaban J connectivity index is 0.000000186. The van der Waals surface area contributed by atoms with Gasteiger partial charge >= 0.3 is 0 Å². The van der Waals surface area contributed by atoms with Crippen LogP contribution >= 0.6 is 0 Å². The fraction of sp³-hybridized carbons (Fsp3) is 0.292. The van der Waals surface area contributed by atoms with E-state index in [9.17, 15) is 9.59 Å². The Morgan fingerprint density at radius 3 is 1.26 bits per heavy atom. The lowest BCUT2D eigenvalue weighted by atomic mass is 10.0. The van der Waals surface area contributed by atoms with E-state index in [1.54, 1.807) is 61.7 Å². The number of aromatic nitrogens is 4. The van der Waals surface area contributed by atoms with Crippen molar-refractivity contribution in [2.45, 2.75) is 12.8 Å². The molecule has 0 spiro atoms. The van der Waals surface area contributed by atoms with E-state index in [0.29, 0.717) is 70.5 Å². The van der Waals surface area contributed by atoms with Gasteiger partial charge in [-0.15, -0.1) is 0 Å². The largest absolute Gasteiger partial charge is 0.497 e. The molecule has 2 fully saturated rings. The summed E-state index contributed by atoms with van der Waals surface area (Å²) in [5.74, 6) is 3.12. The number of hydrogen-bond donors (Lipinski definition) is 4. The number of benzene rings is 4. The highest BCUT2D eigenvalue weighted by Gasteiger charge is 2.22. The Hall–Kier alpha value is -7.26. The lowest BCUT2D eigenvalue weighted by molar-refractivity contribution is 0.414. The molecule has 2 atom stereocenters. The minimum absolute atomic E-state index is 0.172. The molecule has 2 aliphatic heterocycles. The number of anilines is 2. The minimum atomic E-state index is -0.172. The first-order valence-electron chi connectivity index (χ1n) is 20.6. The smallest absolute Gasteiger partial charge is 0.293 e. The summed E-state index contributed by atoms with van der Waals surface area (Å²) in [5.41, 5.74) is 7.00. The molecule has 4 heterocycles. The second-order valence-electron chi connectivity index (χ2n) is 15.4. The van der Waals surface area contributed by atoms with Gasteiger partial charge in [0.1, 0.15) is 11.5 Å². The third-order valence-corrected chi connectivity index (χ3v) is 11.3. The molecule has 4 aromatic carbocycles. The van der Waals surface area contributed by atoms with E-state index >= 15 is 0 Å². The Morgan fingerprint density at radius 1 is 0.597 bits per heavy atom. The first-order chi connectivity index (χ1) is 30.2. The zero-order valence-corrected chi connectivity index (χ0v) is 35.4. The van der Waals surface area contributed by atoms with E-state index < -0.39 is 0 Å². The molecule has 0 bridgehead atoms. The van der Waals surface area contributed by atoms with Crippen LogP contribution in [0.25, 0.3) is 45.0 Å². The Labute approximate surface area is 360 Å². The van der Waals surface area contributed by atoms with Gasteiger partial charge in [0.25, 0.3) is 11.1 Å². The van der Waals surface area contributed by atoms with Gasteiger partial charge in [-0.2, -0.15) is 10.5 Å². The Bertz CT molecular complexity index is 2500. The van der Waals surface area contributed by atoms with Crippen molar-refractivity contribution in [2.75, 3.05) is 64.1 Å². The molecule has 0 amide bonds. The van der Waals surface area contributed by atoms with Gasteiger partial charge in [-0.3, -0.25) is 9.59 Å². The highest BCUT2D eigenvalue weighted by molar-refractivity contribution is 5.81. The first-order valence-corrected chi connectivity index (χ1v) is 20.6. The Kier molecular flexibility index (Phi) is 13.7. The van der Waals surface area contributed by atoms with Crippen molar-refractivity contribution in [1.82, 2.24) is 29.7 Å². The van der Waals surface area contributed by atoms with E-state index in [0.717, 1.165) is 72.8 Å². The molecule has 316 valence electrons. The molecule has 14 heteroatoms. The number of rotatable bonds is 12. The quantitative estimate of drug-likeness (QED) is 0.113.